The van der Waals surface area contributed by atoms with Crippen LogP contribution in [0.5, 0.6) is 0 Å². The van der Waals surface area contributed by atoms with Crippen LogP contribution in [0, 0.1) is 6.92 Å². The first-order valence-electron chi connectivity index (χ1n) is 6.97. The molecule has 1 amide bonds. The van der Waals surface area contributed by atoms with Crippen molar-refractivity contribution in [1.29, 1.82) is 0 Å². The Bertz CT molecular complexity index is 930. The van der Waals surface area contributed by atoms with Crippen molar-refractivity contribution < 1.29 is 9.32 Å². The SMILES string of the molecule is Cc1noc(-c2cnc3n2CC(=O)N(C)c2cc(Cl)ccc2-3)n1. The van der Waals surface area contributed by atoms with Crippen molar-refractivity contribution in [2.45, 2.75) is 13.5 Å². The van der Waals surface area contributed by atoms with E-state index in [1.807, 2.05) is 6.07 Å². The molecule has 7 nitrogen and oxygen atoms in total. The first-order valence-corrected chi connectivity index (χ1v) is 7.35. The summed E-state index contributed by atoms with van der Waals surface area (Å²) >= 11 is 6.08. The van der Waals surface area contributed by atoms with Crippen LogP contribution in [0.4, 0.5) is 5.69 Å². The Morgan fingerprint density at radius 1 is 1.35 bits per heavy atom. The van der Waals surface area contributed by atoms with Gasteiger partial charge < -0.3 is 14.0 Å². The van der Waals surface area contributed by atoms with Crippen LogP contribution in [0.1, 0.15) is 5.82 Å². The number of nitrogens with zero attached hydrogens (tertiary/aromatic N) is 5. The maximum absolute atomic E-state index is 12.5. The van der Waals surface area contributed by atoms with Crippen molar-refractivity contribution in [3.8, 4) is 23.0 Å². The zero-order valence-corrected chi connectivity index (χ0v) is 13.2. The lowest BCUT2D eigenvalue weighted by Crippen LogP contribution is -2.28. The second-order valence-electron chi connectivity index (χ2n) is 5.31. The highest BCUT2D eigenvalue weighted by Gasteiger charge is 2.27. The quantitative estimate of drug-likeness (QED) is 0.685. The minimum atomic E-state index is -0.0808. The molecule has 0 bridgehead atoms. The van der Waals surface area contributed by atoms with E-state index in [9.17, 15) is 4.79 Å². The van der Waals surface area contributed by atoms with Crippen molar-refractivity contribution in [2.24, 2.45) is 0 Å². The van der Waals surface area contributed by atoms with Gasteiger partial charge in [0.1, 0.15) is 18.1 Å². The molecular weight excluding hydrogens is 318 g/mol. The topological polar surface area (TPSA) is 77.0 Å². The number of carbonyl (C=O) groups excluding carboxylic acids is 1. The molecule has 0 radical (unpaired) electrons. The Balaban J connectivity index is 1.96. The predicted molar refractivity (Wildman–Crippen MR) is 84.1 cm³/mol. The standard InChI is InChI=1S/C15H12ClN5O2/c1-8-18-15(23-19-8)12-6-17-14-10-4-3-9(16)5-11(10)20(2)13(22)7-21(12)14/h3-6H,7H2,1-2H3. The van der Waals surface area contributed by atoms with Crippen molar-refractivity contribution in [3.05, 3.63) is 35.2 Å². The predicted octanol–water partition coefficient (Wildman–Crippen LogP) is 2.54. The van der Waals surface area contributed by atoms with E-state index in [1.54, 1.807) is 41.8 Å². The summed E-state index contributed by atoms with van der Waals surface area (Å²) in [6.07, 6.45) is 1.64. The zero-order valence-electron chi connectivity index (χ0n) is 12.4. The summed E-state index contributed by atoms with van der Waals surface area (Å²) in [6.45, 7) is 1.87. The van der Waals surface area contributed by atoms with E-state index < -0.39 is 0 Å². The largest absolute Gasteiger partial charge is 0.332 e. The minimum absolute atomic E-state index is 0.0808. The summed E-state index contributed by atoms with van der Waals surface area (Å²) in [4.78, 5) is 22.8. The highest BCUT2D eigenvalue weighted by molar-refractivity contribution is 6.31. The summed E-state index contributed by atoms with van der Waals surface area (Å²) in [7, 11) is 1.72. The molecule has 0 aliphatic carbocycles. The molecule has 8 heteroatoms. The average Bonchev–Trinajstić information content (AvgIpc) is 3.10. The summed E-state index contributed by atoms with van der Waals surface area (Å²) in [5, 5.41) is 4.36. The second kappa shape index (κ2) is 4.92. The highest BCUT2D eigenvalue weighted by atomic mass is 35.5. The molecule has 0 N–H and O–H groups in total. The molecule has 1 aliphatic rings. The normalized spacial score (nSPS) is 13.7. The second-order valence-corrected chi connectivity index (χ2v) is 5.75. The number of aryl methyl sites for hydroxylation is 1. The Kier molecular flexibility index (Phi) is 2.99. The summed E-state index contributed by atoms with van der Waals surface area (Å²) < 4.78 is 7.00. The smallest absolute Gasteiger partial charge is 0.276 e. The third-order valence-corrected chi connectivity index (χ3v) is 4.07. The Morgan fingerprint density at radius 3 is 2.91 bits per heavy atom. The number of fused-ring (bicyclic) bond motifs is 3. The van der Waals surface area contributed by atoms with Crippen LogP contribution in [-0.2, 0) is 11.3 Å². The van der Waals surface area contributed by atoms with Crippen molar-refractivity contribution in [2.75, 3.05) is 11.9 Å². The van der Waals surface area contributed by atoms with Crippen molar-refractivity contribution >= 4 is 23.2 Å². The molecule has 0 fully saturated rings. The van der Waals surface area contributed by atoms with Crippen LogP contribution in [-0.4, -0.2) is 32.6 Å². The van der Waals surface area contributed by atoms with Gasteiger partial charge in [0.15, 0.2) is 5.82 Å². The summed E-state index contributed by atoms with van der Waals surface area (Å²) in [5.41, 5.74) is 2.16. The fraction of sp³-hybridized carbons (Fsp3) is 0.200. The van der Waals surface area contributed by atoms with E-state index in [0.29, 0.717) is 28.3 Å². The Morgan fingerprint density at radius 2 is 2.17 bits per heavy atom. The van der Waals surface area contributed by atoms with Gasteiger partial charge in [-0.15, -0.1) is 0 Å². The van der Waals surface area contributed by atoms with Crippen LogP contribution in [0.2, 0.25) is 5.02 Å². The van der Waals surface area contributed by atoms with Gasteiger partial charge in [-0.05, 0) is 25.1 Å². The monoisotopic (exact) mass is 329 g/mol. The van der Waals surface area contributed by atoms with E-state index in [1.165, 1.54) is 0 Å². The van der Waals surface area contributed by atoms with Crippen molar-refractivity contribution in [1.82, 2.24) is 19.7 Å². The van der Waals surface area contributed by atoms with Gasteiger partial charge in [0.05, 0.1) is 11.9 Å². The first kappa shape index (κ1) is 14.0. The van der Waals surface area contributed by atoms with Gasteiger partial charge >= 0.3 is 0 Å². The highest BCUT2D eigenvalue weighted by Crippen LogP contribution is 2.36. The number of anilines is 1. The van der Waals surface area contributed by atoms with E-state index in [2.05, 4.69) is 15.1 Å². The van der Waals surface area contributed by atoms with Crippen LogP contribution >= 0.6 is 11.6 Å². The lowest BCUT2D eigenvalue weighted by atomic mass is 10.1. The maximum Gasteiger partial charge on any atom is 0.276 e. The molecule has 0 spiro atoms. The number of hydrogen-bond donors (Lipinski definition) is 0. The third kappa shape index (κ3) is 2.12. The van der Waals surface area contributed by atoms with Gasteiger partial charge in [0, 0.05) is 17.6 Å². The number of imidazole rings is 1. The molecular formula is C15H12ClN5O2. The zero-order chi connectivity index (χ0) is 16.1. The van der Waals surface area contributed by atoms with Gasteiger partial charge in [-0.2, -0.15) is 4.98 Å². The van der Waals surface area contributed by atoms with Gasteiger partial charge in [-0.25, -0.2) is 4.98 Å². The third-order valence-electron chi connectivity index (χ3n) is 3.83. The number of carbonyl (C=O) groups is 1. The number of likely N-dealkylation sites (N-methyl/N-ethyl adjacent to an activating group) is 1. The molecule has 0 saturated heterocycles. The molecule has 116 valence electrons. The molecule has 1 aliphatic heterocycles. The van der Waals surface area contributed by atoms with Gasteiger partial charge in [-0.1, -0.05) is 16.8 Å². The number of benzene rings is 1. The van der Waals surface area contributed by atoms with E-state index in [0.717, 1.165) is 11.3 Å². The average molecular weight is 330 g/mol. The Hall–Kier alpha value is -2.67. The molecule has 0 unspecified atom stereocenters. The van der Waals surface area contributed by atoms with E-state index in [-0.39, 0.29) is 12.5 Å². The number of hydrogen-bond acceptors (Lipinski definition) is 5. The lowest BCUT2D eigenvalue weighted by Gasteiger charge is -2.17. The van der Waals surface area contributed by atoms with Crippen molar-refractivity contribution in [3.63, 3.8) is 0 Å². The molecule has 4 rings (SSSR count). The molecule has 0 atom stereocenters. The lowest BCUT2D eigenvalue weighted by molar-refractivity contribution is -0.118. The van der Waals surface area contributed by atoms with Crippen LogP contribution in [0.25, 0.3) is 23.0 Å². The molecule has 0 saturated carbocycles. The Labute approximate surface area is 136 Å². The fourth-order valence-corrected chi connectivity index (χ4v) is 2.84. The number of rotatable bonds is 1. The van der Waals surface area contributed by atoms with Gasteiger partial charge in [0.25, 0.3) is 5.89 Å². The van der Waals surface area contributed by atoms with Crippen LogP contribution < -0.4 is 4.90 Å². The van der Waals surface area contributed by atoms with E-state index >= 15 is 0 Å². The number of halogens is 1. The first-order chi connectivity index (χ1) is 11.0. The van der Waals surface area contributed by atoms with Gasteiger partial charge in [0.2, 0.25) is 5.91 Å². The van der Waals surface area contributed by atoms with E-state index in [4.69, 9.17) is 16.1 Å². The van der Waals surface area contributed by atoms with Crippen LogP contribution in [0.15, 0.2) is 28.9 Å². The molecule has 2 aromatic heterocycles. The summed E-state index contributed by atoms with van der Waals surface area (Å²) in [5.74, 6) is 1.46. The molecule has 3 heterocycles. The number of aromatic nitrogens is 4. The van der Waals surface area contributed by atoms with Gasteiger partial charge in [-0.3, -0.25) is 4.79 Å². The molecule has 1 aromatic carbocycles. The summed E-state index contributed by atoms with van der Waals surface area (Å²) in [6, 6.07) is 5.39. The number of amides is 1. The molecule has 23 heavy (non-hydrogen) atoms. The maximum atomic E-state index is 12.5. The fourth-order valence-electron chi connectivity index (χ4n) is 2.67. The van der Waals surface area contributed by atoms with Crippen LogP contribution in [0.3, 0.4) is 0 Å². The molecule has 3 aromatic rings. The minimum Gasteiger partial charge on any atom is -0.332 e.